The monoisotopic (exact) mass is 208 g/mol. The normalized spacial score (nSPS) is 18.3. The highest BCUT2D eigenvalue weighted by Gasteiger charge is 2.31. The second kappa shape index (κ2) is 8.45. The Morgan fingerprint density at radius 2 is 2.07 bits per heavy atom. The van der Waals surface area contributed by atoms with E-state index in [0.717, 1.165) is 5.92 Å². The first kappa shape index (κ1) is 14.1. The molecule has 0 bridgehead atoms. The average molecular weight is 208 g/mol. The summed E-state index contributed by atoms with van der Waals surface area (Å²) in [6.07, 6.45) is 10.5. The van der Waals surface area contributed by atoms with E-state index in [9.17, 15) is 0 Å². The van der Waals surface area contributed by atoms with E-state index in [4.69, 9.17) is 5.84 Å². The van der Waals surface area contributed by atoms with Gasteiger partial charge in [0.2, 0.25) is 0 Å². The predicted molar refractivity (Wildman–Crippen MR) is 68.3 cm³/mol. The van der Waals surface area contributed by atoms with Gasteiger partial charge in [-0.25, -0.2) is 0 Å². The molecule has 86 valence electrons. The number of hydrazine groups is 1. The third-order valence-electron chi connectivity index (χ3n) is 2.39. The Morgan fingerprint density at radius 3 is 2.40 bits per heavy atom. The zero-order valence-corrected chi connectivity index (χ0v) is 10.2. The average Bonchev–Trinajstić information content (AvgIpc) is 3.11. The first-order chi connectivity index (χ1) is 7.33. The van der Waals surface area contributed by atoms with Crippen LogP contribution in [-0.2, 0) is 0 Å². The highest BCUT2D eigenvalue weighted by Crippen LogP contribution is 2.35. The van der Waals surface area contributed by atoms with Crippen LogP contribution in [0.2, 0.25) is 0 Å². The summed E-state index contributed by atoms with van der Waals surface area (Å²) in [5, 5.41) is 0. The van der Waals surface area contributed by atoms with E-state index in [1.807, 2.05) is 26.8 Å². The van der Waals surface area contributed by atoms with Crippen molar-refractivity contribution in [3.05, 3.63) is 36.5 Å². The Labute approximate surface area is 93.9 Å². The van der Waals surface area contributed by atoms with Crippen molar-refractivity contribution in [3.63, 3.8) is 0 Å². The second-order valence-corrected chi connectivity index (χ2v) is 3.37. The highest BCUT2D eigenvalue weighted by molar-refractivity contribution is 5.28. The van der Waals surface area contributed by atoms with Crippen LogP contribution in [-0.4, -0.2) is 6.04 Å². The molecule has 0 aliphatic heterocycles. The fourth-order valence-corrected chi connectivity index (χ4v) is 1.49. The Hall–Kier alpha value is -0.860. The van der Waals surface area contributed by atoms with Gasteiger partial charge in [-0.1, -0.05) is 44.7 Å². The molecular formula is C13H24N2. The molecule has 1 atom stereocenters. The minimum Gasteiger partial charge on any atom is -0.271 e. The maximum absolute atomic E-state index is 5.51. The van der Waals surface area contributed by atoms with Crippen LogP contribution in [0, 0.1) is 5.92 Å². The molecule has 1 rings (SSSR count). The van der Waals surface area contributed by atoms with Crippen LogP contribution in [0.25, 0.3) is 0 Å². The molecule has 0 aromatic heterocycles. The Morgan fingerprint density at radius 1 is 1.47 bits per heavy atom. The molecule has 0 aromatic rings. The molecule has 1 saturated carbocycles. The van der Waals surface area contributed by atoms with Gasteiger partial charge in [-0.15, -0.1) is 0 Å². The van der Waals surface area contributed by atoms with Crippen molar-refractivity contribution in [1.29, 1.82) is 0 Å². The van der Waals surface area contributed by atoms with Gasteiger partial charge in [-0.2, -0.15) is 0 Å². The first-order valence-electron chi connectivity index (χ1n) is 5.75. The van der Waals surface area contributed by atoms with Crippen molar-refractivity contribution < 1.29 is 0 Å². The van der Waals surface area contributed by atoms with E-state index in [1.165, 1.54) is 18.4 Å². The lowest BCUT2D eigenvalue weighted by atomic mass is 10.0. The topological polar surface area (TPSA) is 38.0 Å². The fraction of sp³-hybridized carbons (Fsp3) is 0.538. The highest BCUT2D eigenvalue weighted by atomic mass is 15.2. The third-order valence-corrected chi connectivity index (χ3v) is 2.39. The molecule has 0 heterocycles. The smallest absolute Gasteiger partial charge is 0.0484 e. The van der Waals surface area contributed by atoms with Gasteiger partial charge in [0, 0.05) is 6.04 Å². The quantitative estimate of drug-likeness (QED) is 0.414. The lowest BCUT2D eigenvalue weighted by Gasteiger charge is -2.15. The third kappa shape index (κ3) is 4.96. The molecule has 0 amide bonds. The SMILES string of the molecule is C=C/C=C\C(=C/C)C(NN)C1CC1.CC. The summed E-state index contributed by atoms with van der Waals surface area (Å²) in [5.41, 5.74) is 4.12. The maximum Gasteiger partial charge on any atom is 0.0484 e. The molecule has 0 radical (unpaired) electrons. The summed E-state index contributed by atoms with van der Waals surface area (Å²) in [6.45, 7) is 9.68. The summed E-state index contributed by atoms with van der Waals surface area (Å²) >= 11 is 0. The zero-order chi connectivity index (χ0) is 11.7. The van der Waals surface area contributed by atoms with Crippen LogP contribution in [0.1, 0.15) is 33.6 Å². The van der Waals surface area contributed by atoms with E-state index in [0.29, 0.717) is 6.04 Å². The molecule has 2 nitrogen and oxygen atoms in total. The van der Waals surface area contributed by atoms with E-state index >= 15 is 0 Å². The fourth-order valence-electron chi connectivity index (χ4n) is 1.49. The van der Waals surface area contributed by atoms with Crippen molar-refractivity contribution in [2.45, 2.75) is 39.7 Å². The van der Waals surface area contributed by atoms with Gasteiger partial charge in [0.1, 0.15) is 0 Å². The molecule has 2 heteroatoms. The summed E-state index contributed by atoms with van der Waals surface area (Å²) in [6, 6.07) is 0.321. The van der Waals surface area contributed by atoms with Crippen molar-refractivity contribution in [2.24, 2.45) is 11.8 Å². The molecule has 1 aliphatic rings. The Balaban J connectivity index is 0.000000921. The van der Waals surface area contributed by atoms with Gasteiger partial charge in [-0.3, -0.25) is 11.3 Å². The van der Waals surface area contributed by atoms with Crippen LogP contribution in [0.15, 0.2) is 36.5 Å². The second-order valence-electron chi connectivity index (χ2n) is 3.37. The van der Waals surface area contributed by atoms with Crippen LogP contribution in [0.4, 0.5) is 0 Å². The number of hydrogen-bond acceptors (Lipinski definition) is 2. The summed E-state index contributed by atoms with van der Waals surface area (Å²) in [5.74, 6) is 6.24. The number of allylic oxidation sites excluding steroid dienone is 3. The lowest BCUT2D eigenvalue weighted by Crippen LogP contribution is -2.37. The molecule has 3 N–H and O–H groups in total. The first-order valence-corrected chi connectivity index (χ1v) is 5.75. The van der Waals surface area contributed by atoms with Crippen LogP contribution in [0.3, 0.4) is 0 Å². The molecule has 0 aromatic carbocycles. The van der Waals surface area contributed by atoms with Gasteiger partial charge in [0.15, 0.2) is 0 Å². The van der Waals surface area contributed by atoms with Gasteiger partial charge in [0.05, 0.1) is 0 Å². The van der Waals surface area contributed by atoms with Crippen molar-refractivity contribution in [3.8, 4) is 0 Å². The van der Waals surface area contributed by atoms with Crippen molar-refractivity contribution in [1.82, 2.24) is 5.43 Å². The molecule has 15 heavy (non-hydrogen) atoms. The molecule has 1 unspecified atom stereocenters. The van der Waals surface area contributed by atoms with Crippen LogP contribution < -0.4 is 11.3 Å². The van der Waals surface area contributed by atoms with E-state index in [2.05, 4.69) is 24.2 Å². The summed E-state index contributed by atoms with van der Waals surface area (Å²) in [7, 11) is 0. The van der Waals surface area contributed by atoms with Crippen LogP contribution >= 0.6 is 0 Å². The minimum absolute atomic E-state index is 0.321. The van der Waals surface area contributed by atoms with E-state index in [-0.39, 0.29) is 0 Å². The summed E-state index contributed by atoms with van der Waals surface area (Å²) < 4.78 is 0. The minimum atomic E-state index is 0.321. The number of nitrogens with two attached hydrogens (primary N) is 1. The molecule has 0 spiro atoms. The molecule has 0 saturated heterocycles. The van der Waals surface area contributed by atoms with Gasteiger partial charge in [-0.05, 0) is 31.3 Å². The van der Waals surface area contributed by atoms with Gasteiger partial charge in [0.25, 0.3) is 0 Å². The molecule has 1 fully saturated rings. The van der Waals surface area contributed by atoms with Crippen LogP contribution in [0.5, 0.6) is 0 Å². The molecule has 1 aliphatic carbocycles. The van der Waals surface area contributed by atoms with E-state index in [1.54, 1.807) is 6.08 Å². The lowest BCUT2D eigenvalue weighted by molar-refractivity contribution is 0.542. The van der Waals surface area contributed by atoms with Crippen molar-refractivity contribution >= 4 is 0 Å². The molecular weight excluding hydrogens is 184 g/mol. The van der Waals surface area contributed by atoms with Gasteiger partial charge >= 0.3 is 0 Å². The van der Waals surface area contributed by atoms with E-state index < -0.39 is 0 Å². The number of nitrogens with one attached hydrogen (secondary N) is 1. The van der Waals surface area contributed by atoms with Crippen molar-refractivity contribution in [2.75, 3.05) is 0 Å². The number of hydrogen-bond donors (Lipinski definition) is 2. The zero-order valence-electron chi connectivity index (χ0n) is 10.2. The van der Waals surface area contributed by atoms with Gasteiger partial charge < -0.3 is 0 Å². The predicted octanol–water partition coefficient (Wildman–Crippen LogP) is 2.94. The Bertz CT molecular complexity index is 225. The Kier molecular flexibility index (Phi) is 7.96. The largest absolute Gasteiger partial charge is 0.271 e. The maximum atomic E-state index is 5.51. The number of rotatable bonds is 5. The summed E-state index contributed by atoms with van der Waals surface area (Å²) in [4.78, 5) is 0. The standard InChI is InChI=1S/C11H18N2.C2H6/c1-3-5-6-9(4-2)11(13-12)10-7-8-10;1-2/h3-6,10-11,13H,1,7-8,12H2,2H3;1-2H3/b6-5-,9-4+;.